The summed E-state index contributed by atoms with van der Waals surface area (Å²) in [6.07, 6.45) is 2.34. The molecule has 2 aromatic carbocycles. The zero-order chi connectivity index (χ0) is 25.7. The number of carbonyl (C=O) groups is 2. The van der Waals surface area contributed by atoms with E-state index in [2.05, 4.69) is 15.2 Å². The van der Waals surface area contributed by atoms with E-state index in [0.717, 1.165) is 18.7 Å². The largest absolute Gasteiger partial charge is 0.511 e. The Kier molecular flexibility index (Phi) is 8.67. The Bertz CT molecular complexity index is 1170. The van der Waals surface area contributed by atoms with Crippen LogP contribution in [0.4, 0.5) is 10.5 Å². The Labute approximate surface area is 221 Å². The highest BCUT2D eigenvalue weighted by molar-refractivity contribution is 6.42. The number of aliphatic imine (C=N–C) groups is 1. The standard InChI is InChI=1S/C27H30Cl2N4O3/c1-18-2-4-19(5-3-18)20-14-25(34)22(26(35)15-20)17-30-8-9-32-10-12-33(13-11-32)27(36)31-21-6-7-23(28)24(29)16-21/h2-7,16-17,20,34H,8-15H2,1H3,(H,31,36). The number of aryl methyl sites for hydroxylation is 1. The van der Waals surface area contributed by atoms with Crippen LogP contribution in [0.5, 0.6) is 0 Å². The van der Waals surface area contributed by atoms with E-state index in [9.17, 15) is 14.7 Å². The van der Waals surface area contributed by atoms with E-state index in [1.807, 2.05) is 31.2 Å². The number of hydrogen-bond acceptors (Lipinski definition) is 5. The Morgan fingerprint density at radius 1 is 1.08 bits per heavy atom. The molecule has 0 radical (unpaired) electrons. The molecule has 36 heavy (non-hydrogen) atoms. The lowest BCUT2D eigenvalue weighted by atomic mass is 9.83. The number of carbonyl (C=O) groups excluding carboxylic acids is 2. The average molecular weight is 529 g/mol. The summed E-state index contributed by atoms with van der Waals surface area (Å²) in [4.78, 5) is 33.6. The van der Waals surface area contributed by atoms with Gasteiger partial charge in [0.05, 0.1) is 22.2 Å². The van der Waals surface area contributed by atoms with Crippen molar-refractivity contribution in [2.75, 3.05) is 44.6 Å². The first-order valence-corrected chi connectivity index (χ1v) is 12.8. The van der Waals surface area contributed by atoms with Crippen LogP contribution in [0, 0.1) is 6.92 Å². The van der Waals surface area contributed by atoms with Crippen molar-refractivity contribution in [3.8, 4) is 0 Å². The Morgan fingerprint density at radius 3 is 2.47 bits per heavy atom. The number of nitrogens with zero attached hydrogens (tertiary/aromatic N) is 3. The van der Waals surface area contributed by atoms with E-state index in [-0.39, 0.29) is 23.5 Å². The van der Waals surface area contributed by atoms with Gasteiger partial charge in [0, 0.05) is 57.5 Å². The molecule has 1 heterocycles. The van der Waals surface area contributed by atoms with Crippen molar-refractivity contribution >= 4 is 46.9 Å². The Hall–Kier alpha value is -2.87. The lowest BCUT2D eigenvalue weighted by Crippen LogP contribution is -2.50. The number of urea groups is 1. The first-order valence-electron chi connectivity index (χ1n) is 12.0. The molecule has 1 aliphatic heterocycles. The van der Waals surface area contributed by atoms with E-state index in [4.69, 9.17) is 23.2 Å². The maximum atomic E-state index is 12.6. The van der Waals surface area contributed by atoms with E-state index >= 15 is 0 Å². The second-order valence-corrected chi connectivity index (χ2v) is 10.0. The third-order valence-electron chi connectivity index (χ3n) is 6.63. The second-order valence-electron chi connectivity index (χ2n) is 9.22. The minimum Gasteiger partial charge on any atom is -0.511 e. The smallest absolute Gasteiger partial charge is 0.321 e. The van der Waals surface area contributed by atoms with Crippen molar-refractivity contribution < 1.29 is 14.7 Å². The molecule has 1 unspecified atom stereocenters. The summed E-state index contributed by atoms with van der Waals surface area (Å²) in [7, 11) is 0. The molecular formula is C27H30Cl2N4O3. The number of halogens is 2. The van der Waals surface area contributed by atoms with Crippen molar-refractivity contribution in [2.24, 2.45) is 4.99 Å². The van der Waals surface area contributed by atoms with E-state index in [0.29, 0.717) is 60.3 Å². The summed E-state index contributed by atoms with van der Waals surface area (Å²) < 4.78 is 0. The van der Waals surface area contributed by atoms with Gasteiger partial charge in [0.15, 0.2) is 5.78 Å². The molecule has 4 rings (SSSR count). The number of benzene rings is 2. The molecule has 1 saturated heterocycles. The number of aliphatic hydroxyl groups is 1. The summed E-state index contributed by atoms with van der Waals surface area (Å²) in [5.74, 6) is 0.0391. The molecule has 2 N–H and O–H groups in total. The summed E-state index contributed by atoms with van der Waals surface area (Å²) in [6, 6.07) is 12.9. The van der Waals surface area contributed by atoms with Gasteiger partial charge >= 0.3 is 6.03 Å². The fourth-order valence-electron chi connectivity index (χ4n) is 4.44. The van der Waals surface area contributed by atoms with Crippen molar-refractivity contribution in [1.29, 1.82) is 0 Å². The van der Waals surface area contributed by atoms with Crippen LogP contribution in [0.3, 0.4) is 0 Å². The molecule has 1 aliphatic carbocycles. The van der Waals surface area contributed by atoms with Gasteiger partial charge in [-0.15, -0.1) is 0 Å². The molecule has 7 nitrogen and oxygen atoms in total. The van der Waals surface area contributed by atoms with Crippen LogP contribution in [0.15, 0.2) is 58.8 Å². The number of allylic oxidation sites excluding steroid dienone is 2. The quantitative estimate of drug-likeness (QED) is 0.486. The number of aliphatic hydroxyl groups excluding tert-OH is 1. The zero-order valence-corrected chi connectivity index (χ0v) is 21.7. The molecule has 0 spiro atoms. The fourth-order valence-corrected chi connectivity index (χ4v) is 4.74. The van der Waals surface area contributed by atoms with Crippen LogP contribution < -0.4 is 5.32 Å². The highest BCUT2D eigenvalue weighted by Gasteiger charge is 2.27. The maximum Gasteiger partial charge on any atom is 0.321 e. The highest BCUT2D eigenvalue weighted by atomic mass is 35.5. The first-order chi connectivity index (χ1) is 17.3. The van der Waals surface area contributed by atoms with Crippen LogP contribution >= 0.6 is 23.2 Å². The monoisotopic (exact) mass is 528 g/mol. The molecule has 0 saturated carbocycles. The third kappa shape index (κ3) is 6.66. The maximum absolute atomic E-state index is 12.6. The van der Waals surface area contributed by atoms with Gasteiger partial charge < -0.3 is 15.3 Å². The van der Waals surface area contributed by atoms with Crippen molar-refractivity contribution in [3.05, 3.63) is 75.0 Å². The molecule has 9 heteroatoms. The van der Waals surface area contributed by atoms with Crippen molar-refractivity contribution in [2.45, 2.75) is 25.7 Å². The van der Waals surface area contributed by atoms with Gasteiger partial charge in [0.25, 0.3) is 0 Å². The van der Waals surface area contributed by atoms with Crippen molar-refractivity contribution in [3.63, 3.8) is 0 Å². The van der Waals surface area contributed by atoms with Gasteiger partial charge in [0.1, 0.15) is 5.76 Å². The lowest BCUT2D eigenvalue weighted by Gasteiger charge is -2.34. The fraction of sp³-hybridized carbons (Fsp3) is 0.370. The van der Waals surface area contributed by atoms with Crippen LogP contribution in [0.2, 0.25) is 10.0 Å². The molecule has 2 aliphatic rings. The average Bonchev–Trinajstić information content (AvgIpc) is 2.86. The number of ketones is 1. The predicted octanol–water partition coefficient (Wildman–Crippen LogP) is 5.48. The molecular weight excluding hydrogens is 499 g/mol. The summed E-state index contributed by atoms with van der Waals surface area (Å²) in [5, 5.41) is 14.2. The van der Waals surface area contributed by atoms with Gasteiger partial charge in [-0.2, -0.15) is 0 Å². The molecule has 2 aromatic rings. The minimum absolute atomic E-state index is 0.000393. The normalized spacial score (nSPS) is 19.2. The molecule has 0 bridgehead atoms. The number of anilines is 1. The predicted molar refractivity (Wildman–Crippen MR) is 145 cm³/mol. The Balaban J connectivity index is 1.21. The van der Waals surface area contributed by atoms with Gasteiger partial charge in [-0.25, -0.2) is 4.79 Å². The SMILES string of the molecule is Cc1ccc(C2CC(=O)C(C=NCCN3CCN(C(=O)Nc4ccc(Cl)c(Cl)c4)CC3)=C(O)C2)cc1. The van der Waals surface area contributed by atoms with Gasteiger partial charge in [-0.3, -0.25) is 14.7 Å². The molecule has 1 atom stereocenters. The number of Topliss-reactive ketones (excluding diaryl/α,β-unsaturated/α-hetero) is 1. The first kappa shape index (κ1) is 26.2. The van der Waals surface area contributed by atoms with Crippen LogP contribution in [0.25, 0.3) is 0 Å². The van der Waals surface area contributed by atoms with E-state index < -0.39 is 0 Å². The highest BCUT2D eigenvalue weighted by Crippen LogP contribution is 2.33. The summed E-state index contributed by atoms with van der Waals surface area (Å²) in [5.41, 5.74) is 3.16. The minimum atomic E-state index is -0.173. The van der Waals surface area contributed by atoms with Crippen LogP contribution in [0.1, 0.15) is 29.9 Å². The topological polar surface area (TPSA) is 85.2 Å². The number of piperazine rings is 1. The van der Waals surface area contributed by atoms with E-state index in [1.54, 1.807) is 23.1 Å². The summed E-state index contributed by atoms with van der Waals surface area (Å²) in [6.45, 7) is 5.92. The second kappa shape index (κ2) is 11.9. The third-order valence-corrected chi connectivity index (χ3v) is 7.37. The van der Waals surface area contributed by atoms with Crippen molar-refractivity contribution in [1.82, 2.24) is 9.80 Å². The summed E-state index contributed by atoms with van der Waals surface area (Å²) >= 11 is 11.9. The molecule has 0 aromatic heterocycles. The number of nitrogens with one attached hydrogen (secondary N) is 1. The number of amides is 2. The zero-order valence-electron chi connectivity index (χ0n) is 20.2. The Morgan fingerprint density at radius 2 is 1.81 bits per heavy atom. The molecule has 1 fully saturated rings. The van der Waals surface area contributed by atoms with E-state index in [1.165, 1.54) is 11.8 Å². The lowest BCUT2D eigenvalue weighted by molar-refractivity contribution is -0.116. The van der Waals surface area contributed by atoms with Gasteiger partial charge in [-0.1, -0.05) is 53.0 Å². The van der Waals surface area contributed by atoms with Gasteiger partial charge in [0.2, 0.25) is 0 Å². The number of hydrogen-bond donors (Lipinski definition) is 2. The molecule has 2 amide bonds. The van der Waals surface area contributed by atoms with Gasteiger partial charge in [-0.05, 0) is 36.6 Å². The molecule has 190 valence electrons. The number of rotatable bonds is 6. The van der Waals surface area contributed by atoms with Crippen LogP contribution in [-0.4, -0.2) is 72.2 Å². The van der Waals surface area contributed by atoms with Crippen LogP contribution in [-0.2, 0) is 4.79 Å².